The van der Waals surface area contributed by atoms with E-state index in [0.29, 0.717) is 18.7 Å². The Morgan fingerprint density at radius 1 is 1.59 bits per heavy atom. The van der Waals surface area contributed by atoms with Gasteiger partial charge in [0, 0.05) is 13.7 Å². The zero-order valence-electron chi connectivity index (χ0n) is 9.58. The lowest BCUT2D eigenvalue weighted by Gasteiger charge is -2.10. The number of ether oxygens (including phenoxy) is 1. The topological polar surface area (TPSA) is 38.3 Å². The second-order valence-electron chi connectivity index (χ2n) is 3.66. The van der Waals surface area contributed by atoms with Gasteiger partial charge in [-0.1, -0.05) is 28.1 Å². The molecule has 0 saturated heterocycles. The number of carbonyl (C=O) groups is 1. The summed E-state index contributed by atoms with van der Waals surface area (Å²) in [6.45, 7) is 1.02. The van der Waals surface area contributed by atoms with Crippen LogP contribution in [-0.4, -0.2) is 31.0 Å². The molecule has 1 aromatic rings. The highest BCUT2D eigenvalue weighted by Gasteiger charge is 2.07. The standard InChI is InChI=1S/C12H15BrFNO2/c1-17-8-10(13)7-15-12(16)6-9-3-2-4-11(14)5-9/h2-5,10H,6-8H2,1H3,(H,15,16). The van der Waals surface area contributed by atoms with Crippen LogP contribution in [0.2, 0.25) is 0 Å². The highest BCUT2D eigenvalue weighted by atomic mass is 79.9. The van der Waals surface area contributed by atoms with Gasteiger partial charge in [0.2, 0.25) is 5.91 Å². The molecule has 0 aliphatic heterocycles. The number of hydrogen-bond acceptors (Lipinski definition) is 2. The average Bonchev–Trinajstić information content (AvgIpc) is 2.27. The molecule has 5 heteroatoms. The first-order chi connectivity index (χ1) is 8.11. The predicted molar refractivity (Wildman–Crippen MR) is 67.7 cm³/mol. The number of nitrogens with one attached hydrogen (secondary N) is 1. The van der Waals surface area contributed by atoms with Gasteiger partial charge in [-0.15, -0.1) is 0 Å². The molecule has 0 spiro atoms. The van der Waals surface area contributed by atoms with Crippen LogP contribution in [0.5, 0.6) is 0 Å². The summed E-state index contributed by atoms with van der Waals surface area (Å²) in [6.07, 6.45) is 0.185. The van der Waals surface area contributed by atoms with Crippen molar-refractivity contribution in [1.29, 1.82) is 0 Å². The Balaban J connectivity index is 2.34. The molecule has 1 rings (SSSR count). The molecule has 0 radical (unpaired) electrons. The lowest BCUT2D eigenvalue weighted by Crippen LogP contribution is -2.32. The number of hydrogen-bond donors (Lipinski definition) is 1. The number of amides is 1. The lowest BCUT2D eigenvalue weighted by atomic mass is 10.1. The highest BCUT2D eigenvalue weighted by molar-refractivity contribution is 9.09. The molecule has 17 heavy (non-hydrogen) atoms. The molecule has 1 aromatic carbocycles. The van der Waals surface area contributed by atoms with Crippen molar-refractivity contribution < 1.29 is 13.9 Å². The maximum absolute atomic E-state index is 12.9. The van der Waals surface area contributed by atoms with E-state index in [1.807, 2.05) is 0 Å². The number of benzene rings is 1. The van der Waals surface area contributed by atoms with Gasteiger partial charge in [0.15, 0.2) is 0 Å². The van der Waals surface area contributed by atoms with E-state index in [2.05, 4.69) is 21.2 Å². The molecular formula is C12H15BrFNO2. The van der Waals surface area contributed by atoms with Crippen LogP contribution in [0.4, 0.5) is 4.39 Å². The van der Waals surface area contributed by atoms with Gasteiger partial charge < -0.3 is 10.1 Å². The minimum Gasteiger partial charge on any atom is -0.383 e. The third-order valence-electron chi connectivity index (χ3n) is 2.12. The van der Waals surface area contributed by atoms with Gasteiger partial charge >= 0.3 is 0 Å². The van der Waals surface area contributed by atoms with E-state index < -0.39 is 0 Å². The Morgan fingerprint density at radius 3 is 3.00 bits per heavy atom. The fourth-order valence-corrected chi connectivity index (χ4v) is 1.79. The first kappa shape index (κ1) is 14.1. The normalized spacial score (nSPS) is 12.2. The molecule has 0 aliphatic rings. The predicted octanol–water partition coefficient (Wildman–Crippen LogP) is 1.89. The SMILES string of the molecule is COCC(Br)CNC(=O)Cc1cccc(F)c1. The van der Waals surface area contributed by atoms with Crippen molar-refractivity contribution in [2.24, 2.45) is 0 Å². The summed E-state index contributed by atoms with van der Waals surface area (Å²) < 4.78 is 17.8. The molecule has 3 nitrogen and oxygen atoms in total. The maximum Gasteiger partial charge on any atom is 0.224 e. The number of alkyl halides is 1. The molecule has 0 aromatic heterocycles. The van der Waals surface area contributed by atoms with Crippen molar-refractivity contribution >= 4 is 21.8 Å². The fraction of sp³-hybridized carbons (Fsp3) is 0.417. The summed E-state index contributed by atoms with van der Waals surface area (Å²) in [5, 5.41) is 2.75. The number of rotatable bonds is 6. The largest absolute Gasteiger partial charge is 0.383 e. The van der Waals surface area contributed by atoms with Crippen molar-refractivity contribution in [2.75, 3.05) is 20.3 Å². The van der Waals surface area contributed by atoms with Crippen LogP contribution in [0.25, 0.3) is 0 Å². The van der Waals surface area contributed by atoms with E-state index in [1.54, 1.807) is 19.2 Å². The van der Waals surface area contributed by atoms with Gasteiger partial charge in [0.1, 0.15) is 5.82 Å². The zero-order valence-corrected chi connectivity index (χ0v) is 11.2. The first-order valence-corrected chi connectivity index (χ1v) is 6.17. The molecule has 0 aliphatic carbocycles. The number of halogens is 2. The minimum absolute atomic E-state index is 0.0870. The Labute approximate surface area is 108 Å². The van der Waals surface area contributed by atoms with E-state index in [4.69, 9.17) is 4.74 Å². The Morgan fingerprint density at radius 2 is 2.35 bits per heavy atom. The molecule has 1 unspecified atom stereocenters. The summed E-state index contributed by atoms with van der Waals surface area (Å²) >= 11 is 3.36. The molecule has 1 amide bonds. The first-order valence-electron chi connectivity index (χ1n) is 5.26. The summed E-state index contributed by atoms with van der Waals surface area (Å²) in [5.74, 6) is -0.454. The third kappa shape index (κ3) is 5.79. The maximum atomic E-state index is 12.9. The smallest absolute Gasteiger partial charge is 0.224 e. The molecule has 0 heterocycles. The summed E-state index contributed by atoms with van der Waals surface area (Å²) in [5.41, 5.74) is 0.667. The average molecular weight is 304 g/mol. The van der Waals surface area contributed by atoms with E-state index in [1.165, 1.54) is 12.1 Å². The number of methoxy groups -OCH3 is 1. The summed E-state index contributed by atoms with van der Waals surface area (Å²) in [7, 11) is 1.60. The van der Waals surface area contributed by atoms with Crippen molar-refractivity contribution in [3.63, 3.8) is 0 Å². The highest BCUT2D eigenvalue weighted by Crippen LogP contribution is 2.04. The van der Waals surface area contributed by atoms with Crippen LogP contribution in [0.3, 0.4) is 0 Å². The Hall–Kier alpha value is -0.940. The van der Waals surface area contributed by atoms with E-state index in [-0.39, 0.29) is 23.0 Å². The molecule has 0 saturated carbocycles. The van der Waals surface area contributed by atoms with Crippen molar-refractivity contribution in [1.82, 2.24) is 5.32 Å². The minimum atomic E-state index is -0.326. The van der Waals surface area contributed by atoms with Crippen LogP contribution in [-0.2, 0) is 16.0 Å². The van der Waals surface area contributed by atoms with Crippen LogP contribution < -0.4 is 5.32 Å². The van der Waals surface area contributed by atoms with Gasteiger partial charge in [0.05, 0.1) is 17.9 Å². The van der Waals surface area contributed by atoms with Crippen LogP contribution in [0.1, 0.15) is 5.56 Å². The van der Waals surface area contributed by atoms with Crippen molar-refractivity contribution in [2.45, 2.75) is 11.2 Å². The number of carbonyl (C=O) groups excluding carboxylic acids is 1. The Bertz CT molecular complexity index is 373. The van der Waals surface area contributed by atoms with Crippen LogP contribution >= 0.6 is 15.9 Å². The monoisotopic (exact) mass is 303 g/mol. The molecule has 0 fully saturated rings. The van der Waals surface area contributed by atoms with E-state index in [9.17, 15) is 9.18 Å². The molecular weight excluding hydrogens is 289 g/mol. The quantitative estimate of drug-likeness (QED) is 0.815. The van der Waals surface area contributed by atoms with Crippen LogP contribution in [0, 0.1) is 5.82 Å². The van der Waals surface area contributed by atoms with Crippen LogP contribution in [0.15, 0.2) is 24.3 Å². The zero-order chi connectivity index (χ0) is 12.7. The van der Waals surface area contributed by atoms with Gasteiger partial charge in [-0.2, -0.15) is 0 Å². The summed E-state index contributed by atoms with van der Waals surface area (Å²) in [4.78, 5) is 11.6. The summed E-state index contributed by atoms with van der Waals surface area (Å²) in [6, 6.07) is 6.04. The molecule has 1 N–H and O–H groups in total. The van der Waals surface area contributed by atoms with E-state index >= 15 is 0 Å². The second kappa shape index (κ2) is 7.40. The lowest BCUT2D eigenvalue weighted by molar-refractivity contribution is -0.120. The van der Waals surface area contributed by atoms with Crippen molar-refractivity contribution in [3.05, 3.63) is 35.6 Å². The van der Waals surface area contributed by atoms with Gasteiger partial charge in [-0.05, 0) is 17.7 Å². The fourth-order valence-electron chi connectivity index (χ4n) is 1.36. The molecule has 0 bridgehead atoms. The van der Waals surface area contributed by atoms with Gasteiger partial charge in [-0.25, -0.2) is 4.39 Å². The molecule has 1 atom stereocenters. The second-order valence-corrected chi connectivity index (χ2v) is 4.96. The van der Waals surface area contributed by atoms with Gasteiger partial charge in [-0.3, -0.25) is 4.79 Å². The third-order valence-corrected chi connectivity index (χ3v) is 2.71. The van der Waals surface area contributed by atoms with E-state index in [0.717, 1.165) is 0 Å². The Kier molecular flexibility index (Phi) is 6.15. The molecule has 94 valence electrons. The van der Waals surface area contributed by atoms with Gasteiger partial charge in [0.25, 0.3) is 0 Å². The van der Waals surface area contributed by atoms with Crippen molar-refractivity contribution in [3.8, 4) is 0 Å².